The Morgan fingerprint density at radius 1 is 1.26 bits per heavy atom. The van der Waals surface area contributed by atoms with Crippen LogP contribution in [0.3, 0.4) is 0 Å². The molecule has 0 aromatic heterocycles. The molecule has 0 aliphatic carbocycles. The van der Waals surface area contributed by atoms with E-state index < -0.39 is 0 Å². The van der Waals surface area contributed by atoms with Crippen LogP contribution < -0.4 is 14.8 Å². The van der Waals surface area contributed by atoms with Gasteiger partial charge in [-0.15, -0.1) is 0 Å². The number of aliphatic hydroxyl groups is 1. The lowest BCUT2D eigenvalue weighted by Crippen LogP contribution is -2.16. The van der Waals surface area contributed by atoms with Crippen LogP contribution in [-0.2, 0) is 6.54 Å². The van der Waals surface area contributed by atoms with E-state index in [1.165, 1.54) is 0 Å². The molecule has 108 valence electrons. The molecule has 0 radical (unpaired) electrons. The van der Waals surface area contributed by atoms with Crippen LogP contribution in [-0.4, -0.2) is 32.0 Å². The Bertz CT molecular complexity index is 355. The minimum Gasteiger partial charge on any atom is -0.493 e. The zero-order valence-corrected chi connectivity index (χ0v) is 11.9. The van der Waals surface area contributed by atoms with Crippen LogP contribution in [0.15, 0.2) is 18.2 Å². The molecule has 1 rings (SSSR count). The van der Waals surface area contributed by atoms with E-state index in [1.807, 2.05) is 18.2 Å². The third kappa shape index (κ3) is 5.49. The molecule has 0 aliphatic rings. The topological polar surface area (TPSA) is 50.7 Å². The summed E-state index contributed by atoms with van der Waals surface area (Å²) in [5.41, 5.74) is 1.09. The number of rotatable bonds is 10. The standard InChI is InChI=1S/C15H25NO3/c1-3-4-11-19-15-13(12-16-9-6-10-17)7-5-8-14(15)18-2/h5,7-8,16-17H,3-4,6,9-12H2,1-2H3. The molecular weight excluding hydrogens is 242 g/mol. The summed E-state index contributed by atoms with van der Waals surface area (Å²) >= 11 is 0. The Kier molecular flexibility index (Phi) is 8.02. The number of benzene rings is 1. The molecule has 0 saturated heterocycles. The summed E-state index contributed by atoms with van der Waals surface area (Å²) in [4.78, 5) is 0. The van der Waals surface area contributed by atoms with Crippen LogP contribution in [0.2, 0.25) is 0 Å². The highest BCUT2D eigenvalue weighted by Gasteiger charge is 2.09. The van der Waals surface area contributed by atoms with E-state index in [4.69, 9.17) is 14.6 Å². The average Bonchev–Trinajstić information content (AvgIpc) is 2.44. The molecule has 0 bridgehead atoms. The Balaban J connectivity index is 2.65. The van der Waals surface area contributed by atoms with Crippen molar-refractivity contribution in [1.82, 2.24) is 5.32 Å². The van der Waals surface area contributed by atoms with Crippen LogP contribution in [0.4, 0.5) is 0 Å². The highest BCUT2D eigenvalue weighted by molar-refractivity contribution is 5.46. The van der Waals surface area contributed by atoms with Crippen molar-refractivity contribution in [2.75, 3.05) is 26.9 Å². The molecule has 0 heterocycles. The van der Waals surface area contributed by atoms with Gasteiger partial charge in [-0.1, -0.05) is 25.5 Å². The Morgan fingerprint density at radius 2 is 2.11 bits per heavy atom. The van der Waals surface area contributed by atoms with Crippen LogP contribution >= 0.6 is 0 Å². The minimum absolute atomic E-state index is 0.213. The second-order valence-electron chi connectivity index (χ2n) is 4.40. The summed E-state index contributed by atoms with van der Waals surface area (Å²) in [5.74, 6) is 1.60. The molecule has 4 heteroatoms. The lowest BCUT2D eigenvalue weighted by atomic mass is 10.2. The molecule has 0 spiro atoms. The van der Waals surface area contributed by atoms with E-state index >= 15 is 0 Å². The molecule has 0 amide bonds. The lowest BCUT2D eigenvalue weighted by Gasteiger charge is -2.15. The van der Waals surface area contributed by atoms with Crippen molar-refractivity contribution >= 4 is 0 Å². The van der Waals surface area contributed by atoms with E-state index in [1.54, 1.807) is 7.11 Å². The molecular formula is C15H25NO3. The summed E-state index contributed by atoms with van der Waals surface area (Å²) in [7, 11) is 1.66. The van der Waals surface area contributed by atoms with Gasteiger partial charge in [-0.2, -0.15) is 0 Å². The first-order valence-corrected chi connectivity index (χ1v) is 6.93. The first-order chi connectivity index (χ1) is 9.33. The Labute approximate surface area is 115 Å². The van der Waals surface area contributed by atoms with Crippen molar-refractivity contribution in [2.45, 2.75) is 32.7 Å². The van der Waals surface area contributed by atoms with Crippen LogP contribution in [0.1, 0.15) is 31.7 Å². The van der Waals surface area contributed by atoms with E-state index in [2.05, 4.69) is 12.2 Å². The third-order valence-corrected chi connectivity index (χ3v) is 2.85. The smallest absolute Gasteiger partial charge is 0.165 e. The number of nitrogens with one attached hydrogen (secondary N) is 1. The molecule has 2 N–H and O–H groups in total. The average molecular weight is 267 g/mol. The number of para-hydroxylation sites is 1. The molecule has 19 heavy (non-hydrogen) atoms. The fourth-order valence-electron chi connectivity index (χ4n) is 1.77. The predicted octanol–water partition coefficient (Wildman–Crippen LogP) is 2.35. The molecule has 0 aliphatic heterocycles. The SMILES string of the molecule is CCCCOc1c(CNCCCO)cccc1OC. The minimum atomic E-state index is 0.213. The summed E-state index contributed by atoms with van der Waals surface area (Å²) in [6.07, 6.45) is 2.91. The zero-order valence-electron chi connectivity index (χ0n) is 11.9. The van der Waals surface area contributed by atoms with Crippen molar-refractivity contribution in [2.24, 2.45) is 0 Å². The van der Waals surface area contributed by atoms with Gasteiger partial charge in [0, 0.05) is 18.7 Å². The second kappa shape index (κ2) is 9.64. The number of methoxy groups -OCH3 is 1. The van der Waals surface area contributed by atoms with Crippen LogP contribution in [0.25, 0.3) is 0 Å². The summed E-state index contributed by atoms with van der Waals surface area (Å²) in [6.45, 7) is 4.58. The van der Waals surface area contributed by atoms with Gasteiger partial charge in [0.25, 0.3) is 0 Å². The van der Waals surface area contributed by atoms with Gasteiger partial charge in [-0.3, -0.25) is 0 Å². The summed E-state index contributed by atoms with van der Waals surface area (Å²) < 4.78 is 11.2. The lowest BCUT2D eigenvalue weighted by molar-refractivity contribution is 0.281. The van der Waals surface area contributed by atoms with E-state index in [9.17, 15) is 0 Å². The second-order valence-corrected chi connectivity index (χ2v) is 4.40. The maximum absolute atomic E-state index is 8.76. The van der Waals surface area contributed by atoms with E-state index in [0.29, 0.717) is 6.61 Å². The fraction of sp³-hybridized carbons (Fsp3) is 0.600. The van der Waals surface area contributed by atoms with Crippen molar-refractivity contribution in [3.05, 3.63) is 23.8 Å². The third-order valence-electron chi connectivity index (χ3n) is 2.85. The maximum Gasteiger partial charge on any atom is 0.165 e. The van der Waals surface area contributed by atoms with Crippen LogP contribution in [0, 0.1) is 0 Å². The Morgan fingerprint density at radius 3 is 2.79 bits per heavy atom. The van der Waals surface area contributed by atoms with Gasteiger partial charge in [0.05, 0.1) is 13.7 Å². The van der Waals surface area contributed by atoms with Gasteiger partial charge in [0.1, 0.15) is 0 Å². The number of hydrogen-bond acceptors (Lipinski definition) is 4. The molecule has 0 unspecified atom stereocenters. The van der Waals surface area contributed by atoms with Gasteiger partial charge >= 0.3 is 0 Å². The molecule has 1 aromatic rings. The van der Waals surface area contributed by atoms with E-state index in [-0.39, 0.29) is 6.61 Å². The number of aliphatic hydroxyl groups excluding tert-OH is 1. The van der Waals surface area contributed by atoms with Gasteiger partial charge < -0.3 is 19.9 Å². The monoisotopic (exact) mass is 267 g/mol. The summed E-state index contributed by atoms with van der Waals surface area (Å²) in [5, 5.41) is 12.0. The van der Waals surface area contributed by atoms with E-state index in [0.717, 1.165) is 49.4 Å². The van der Waals surface area contributed by atoms with Crippen molar-refractivity contribution < 1.29 is 14.6 Å². The van der Waals surface area contributed by atoms with Crippen molar-refractivity contribution in [3.63, 3.8) is 0 Å². The zero-order chi connectivity index (χ0) is 13.9. The van der Waals surface area contributed by atoms with Gasteiger partial charge in [0.2, 0.25) is 0 Å². The first-order valence-electron chi connectivity index (χ1n) is 6.93. The molecule has 0 fully saturated rings. The first kappa shape index (κ1) is 15.8. The molecule has 4 nitrogen and oxygen atoms in total. The maximum atomic E-state index is 8.76. The predicted molar refractivity (Wildman–Crippen MR) is 76.8 cm³/mol. The number of unbranched alkanes of at least 4 members (excludes halogenated alkanes) is 1. The number of ether oxygens (including phenoxy) is 2. The fourth-order valence-corrected chi connectivity index (χ4v) is 1.77. The van der Waals surface area contributed by atoms with Gasteiger partial charge in [-0.05, 0) is 25.5 Å². The van der Waals surface area contributed by atoms with Crippen LogP contribution in [0.5, 0.6) is 11.5 Å². The number of hydrogen-bond donors (Lipinski definition) is 2. The molecule has 0 atom stereocenters. The van der Waals surface area contributed by atoms with Crippen molar-refractivity contribution in [3.8, 4) is 11.5 Å². The highest BCUT2D eigenvalue weighted by Crippen LogP contribution is 2.31. The highest BCUT2D eigenvalue weighted by atomic mass is 16.5. The van der Waals surface area contributed by atoms with Crippen molar-refractivity contribution in [1.29, 1.82) is 0 Å². The largest absolute Gasteiger partial charge is 0.493 e. The Hall–Kier alpha value is -1.26. The quantitative estimate of drug-likeness (QED) is 0.639. The van der Waals surface area contributed by atoms with Gasteiger partial charge in [0.15, 0.2) is 11.5 Å². The molecule has 1 aromatic carbocycles. The van der Waals surface area contributed by atoms with Gasteiger partial charge in [-0.25, -0.2) is 0 Å². The molecule has 0 saturated carbocycles. The normalized spacial score (nSPS) is 10.5. The summed E-state index contributed by atoms with van der Waals surface area (Å²) in [6, 6.07) is 5.92.